The number of rotatable bonds is 1. The molecular weight excluding hydrogens is 180 g/mol. The van der Waals surface area contributed by atoms with Gasteiger partial charge in [0, 0.05) is 0 Å². The molecule has 0 bridgehead atoms. The van der Waals surface area contributed by atoms with Crippen LogP contribution in [0.4, 0.5) is 0 Å². The van der Waals surface area contributed by atoms with E-state index in [1.54, 1.807) is 0 Å². The van der Waals surface area contributed by atoms with E-state index in [1.807, 2.05) is 0 Å². The van der Waals surface area contributed by atoms with Crippen LogP contribution in [0, 0.1) is 29.1 Å². The van der Waals surface area contributed by atoms with Gasteiger partial charge in [-0.2, -0.15) is 0 Å². The van der Waals surface area contributed by atoms with Crippen molar-refractivity contribution in [2.75, 3.05) is 0 Å². The number of fused-ring (bicyclic) bond motifs is 1. The predicted octanol–water partition coefficient (Wildman–Crippen LogP) is 4.89. The third-order valence-electron chi connectivity index (χ3n) is 5.84. The van der Waals surface area contributed by atoms with E-state index in [-0.39, 0.29) is 0 Å². The van der Waals surface area contributed by atoms with Gasteiger partial charge in [-0.1, -0.05) is 40.5 Å². The quantitative estimate of drug-likeness (QED) is 0.576. The fourth-order valence-electron chi connectivity index (χ4n) is 4.55. The van der Waals surface area contributed by atoms with Crippen LogP contribution < -0.4 is 0 Å². The molecule has 2 saturated carbocycles. The summed E-state index contributed by atoms with van der Waals surface area (Å²) in [6, 6.07) is 0. The van der Waals surface area contributed by atoms with Gasteiger partial charge >= 0.3 is 0 Å². The standard InChI is InChI=1S/C15H28/c1-11(2)14-9-8-13-7-5-6-10-15(13,4)12(14)3/h11-14H,5-10H2,1-4H3. The minimum absolute atomic E-state index is 0.686. The average Bonchev–Trinajstić information content (AvgIpc) is 2.19. The van der Waals surface area contributed by atoms with Crippen LogP contribution in [0.5, 0.6) is 0 Å². The molecule has 2 rings (SSSR count). The van der Waals surface area contributed by atoms with Crippen molar-refractivity contribution in [3.05, 3.63) is 0 Å². The fraction of sp³-hybridized carbons (Fsp3) is 1.00. The maximum absolute atomic E-state index is 2.59. The lowest BCUT2D eigenvalue weighted by Gasteiger charge is -2.53. The van der Waals surface area contributed by atoms with E-state index in [2.05, 4.69) is 27.7 Å². The van der Waals surface area contributed by atoms with E-state index in [0.717, 1.165) is 23.7 Å². The van der Waals surface area contributed by atoms with Gasteiger partial charge in [-0.05, 0) is 54.8 Å². The summed E-state index contributed by atoms with van der Waals surface area (Å²) >= 11 is 0. The zero-order valence-electron chi connectivity index (χ0n) is 11.1. The molecule has 0 heteroatoms. The molecule has 0 saturated heterocycles. The second-order valence-corrected chi connectivity index (χ2v) is 6.72. The molecule has 0 nitrogen and oxygen atoms in total. The van der Waals surface area contributed by atoms with E-state index in [1.165, 1.54) is 38.5 Å². The van der Waals surface area contributed by atoms with Crippen molar-refractivity contribution in [1.29, 1.82) is 0 Å². The fourth-order valence-corrected chi connectivity index (χ4v) is 4.55. The maximum Gasteiger partial charge on any atom is -0.0269 e. The second kappa shape index (κ2) is 4.11. The van der Waals surface area contributed by atoms with Crippen LogP contribution in [0.1, 0.15) is 66.2 Å². The largest absolute Gasteiger partial charge is 0.0625 e. The first kappa shape index (κ1) is 11.5. The molecule has 0 heterocycles. The predicted molar refractivity (Wildman–Crippen MR) is 66.8 cm³/mol. The van der Waals surface area contributed by atoms with Crippen LogP contribution in [0.25, 0.3) is 0 Å². The van der Waals surface area contributed by atoms with Gasteiger partial charge < -0.3 is 0 Å². The summed E-state index contributed by atoms with van der Waals surface area (Å²) < 4.78 is 0. The van der Waals surface area contributed by atoms with Crippen LogP contribution >= 0.6 is 0 Å². The highest BCUT2D eigenvalue weighted by atomic mass is 14.5. The molecule has 0 aliphatic heterocycles. The van der Waals surface area contributed by atoms with Crippen molar-refractivity contribution >= 4 is 0 Å². The van der Waals surface area contributed by atoms with Gasteiger partial charge in [-0.3, -0.25) is 0 Å². The maximum atomic E-state index is 2.59. The molecule has 0 aromatic heterocycles. The third-order valence-corrected chi connectivity index (χ3v) is 5.84. The molecule has 0 N–H and O–H groups in total. The topological polar surface area (TPSA) is 0 Å². The second-order valence-electron chi connectivity index (χ2n) is 6.72. The van der Waals surface area contributed by atoms with Crippen molar-refractivity contribution in [2.24, 2.45) is 29.1 Å². The number of hydrogen-bond donors (Lipinski definition) is 0. The van der Waals surface area contributed by atoms with Gasteiger partial charge in [0.15, 0.2) is 0 Å². The molecule has 4 atom stereocenters. The smallest absolute Gasteiger partial charge is 0.0269 e. The van der Waals surface area contributed by atoms with E-state index in [4.69, 9.17) is 0 Å². The Labute approximate surface area is 95.8 Å². The van der Waals surface area contributed by atoms with Gasteiger partial charge in [0.1, 0.15) is 0 Å². The van der Waals surface area contributed by atoms with Gasteiger partial charge in [0.25, 0.3) is 0 Å². The first-order valence-electron chi connectivity index (χ1n) is 7.05. The Balaban J connectivity index is 2.16. The Kier molecular flexibility index (Phi) is 3.14. The monoisotopic (exact) mass is 208 g/mol. The molecule has 2 aliphatic rings. The summed E-state index contributed by atoms with van der Waals surface area (Å²) in [5.74, 6) is 3.89. The number of hydrogen-bond acceptors (Lipinski definition) is 0. The lowest BCUT2D eigenvalue weighted by atomic mass is 9.52. The van der Waals surface area contributed by atoms with Gasteiger partial charge in [-0.25, -0.2) is 0 Å². The Morgan fingerprint density at radius 2 is 1.80 bits per heavy atom. The molecule has 2 fully saturated rings. The lowest BCUT2D eigenvalue weighted by Crippen LogP contribution is -2.45. The van der Waals surface area contributed by atoms with Crippen LogP contribution in [-0.4, -0.2) is 0 Å². The SMILES string of the molecule is CC(C)C1CCC2CCCCC2(C)C1C. The van der Waals surface area contributed by atoms with Crippen molar-refractivity contribution in [1.82, 2.24) is 0 Å². The van der Waals surface area contributed by atoms with Crippen molar-refractivity contribution in [3.8, 4) is 0 Å². The summed E-state index contributed by atoms with van der Waals surface area (Å²) in [6.45, 7) is 9.99. The summed E-state index contributed by atoms with van der Waals surface area (Å²) in [6.07, 6.45) is 9.03. The zero-order valence-corrected chi connectivity index (χ0v) is 11.1. The molecule has 0 amide bonds. The summed E-state index contributed by atoms with van der Waals surface area (Å²) in [5.41, 5.74) is 0.686. The zero-order chi connectivity index (χ0) is 11.1. The molecule has 15 heavy (non-hydrogen) atoms. The van der Waals surface area contributed by atoms with Gasteiger partial charge in [0.2, 0.25) is 0 Å². The Morgan fingerprint density at radius 3 is 2.47 bits per heavy atom. The van der Waals surface area contributed by atoms with E-state index in [0.29, 0.717) is 5.41 Å². The van der Waals surface area contributed by atoms with Gasteiger partial charge in [-0.15, -0.1) is 0 Å². The van der Waals surface area contributed by atoms with Crippen LogP contribution in [0.15, 0.2) is 0 Å². The van der Waals surface area contributed by atoms with Crippen molar-refractivity contribution in [2.45, 2.75) is 66.2 Å². The minimum Gasteiger partial charge on any atom is -0.0625 e. The van der Waals surface area contributed by atoms with Crippen molar-refractivity contribution < 1.29 is 0 Å². The summed E-state index contributed by atoms with van der Waals surface area (Å²) in [4.78, 5) is 0. The van der Waals surface area contributed by atoms with Crippen LogP contribution in [-0.2, 0) is 0 Å². The first-order chi connectivity index (χ1) is 7.05. The first-order valence-corrected chi connectivity index (χ1v) is 7.05. The highest BCUT2D eigenvalue weighted by molar-refractivity contribution is 4.96. The highest BCUT2D eigenvalue weighted by Crippen LogP contribution is 2.56. The molecule has 0 aromatic carbocycles. The van der Waals surface area contributed by atoms with E-state index in [9.17, 15) is 0 Å². The Bertz CT molecular complexity index is 218. The average molecular weight is 208 g/mol. The molecule has 4 unspecified atom stereocenters. The summed E-state index contributed by atoms with van der Waals surface area (Å²) in [7, 11) is 0. The summed E-state index contributed by atoms with van der Waals surface area (Å²) in [5, 5.41) is 0. The molecule has 88 valence electrons. The Hall–Kier alpha value is 0. The molecule has 0 aromatic rings. The normalized spacial score (nSPS) is 46.6. The minimum atomic E-state index is 0.686. The Morgan fingerprint density at radius 1 is 1.07 bits per heavy atom. The molecule has 0 spiro atoms. The van der Waals surface area contributed by atoms with Crippen molar-refractivity contribution in [3.63, 3.8) is 0 Å². The highest BCUT2D eigenvalue weighted by Gasteiger charge is 2.47. The molecule has 2 aliphatic carbocycles. The van der Waals surface area contributed by atoms with Crippen LogP contribution in [0.3, 0.4) is 0 Å². The van der Waals surface area contributed by atoms with E-state index < -0.39 is 0 Å². The van der Waals surface area contributed by atoms with Crippen LogP contribution in [0.2, 0.25) is 0 Å². The van der Waals surface area contributed by atoms with E-state index >= 15 is 0 Å². The lowest BCUT2D eigenvalue weighted by molar-refractivity contribution is -0.0392. The third kappa shape index (κ3) is 1.85. The molecule has 0 radical (unpaired) electrons. The molecular formula is C15H28. The van der Waals surface area contributed by atoms with Gasteiger partial charge in [0.05, 0.1) is 0 Å².